The number of carbonyl (C=O) groups excluding carboxylic acids is 3. The molecule has 0 aromatic heterocycles. The van der Waals surface area contributed by atoms with Crippen molar-refractivity contribution in [2.45, 2.75) is 64.7 Å². The minimum atomic E-state index is -5.08. The van der Waals surface area contributed by atoms with Gasteiger partial charge in [0.25, 0.3) is 0 Å². The first-order valence-corrected chi connectivity index (χ1v) is 15.8. The molecule has 2 aliphatic rings. The highest BCUT2D eigenvalue weighted by Crippen LogP contribution is 2.38. The summed E-state index contributed by atoms with van der Waals surface area (Å²) in [6.07, 6.45) is -8.30. The first kappa shape index (κ1) is 35.5. The Balaban J connectivity index is 1.47. The van der Waals surface area contributed by atoms with E-state index in [-0.39, 0.29) is 42.7 Å². The summed E-state index contributed by atoms with van der Waals surface area (Å²) < 4.78 is 86.2. The van der Waals surface area contributed by atoms with Crippen LogP contribution < -0.4 is 0 Å². The zero-order valence-corrected chi connectivity index (χ0v) is 26.8. The van der Waals surface area contributed by atoms with Crippen LogP contribution in [0.1, 0.15) is 54.5 Å². The van der Waals surface area contributed by atoms with Crippen LogP contribution in [0.2, 0.25) is 0 Å². The molecule has 3 amide bonds. The lowest BCUT2D eigenvalue weighted by molar-refractivity contribution is -0.154. The molecule has 5 rings (SSSR count). The van der Waals surface area contributed by atoms with Gasteiger partial charge in [-0.2, -0.15) is 26.3 Å². The number of halogens is 6. The van der Waals surface area contributed by atoms with E-state index in [0.29, 0.717) is 31.4 Å². The van der Waals surface area contributed by atoms with Crippen molar-refractivity contribution in [3.05, 3.63) is 119 Å². The van der Waals surface area contributed by atoms with E-state index in [0.717, 1.165) is 16.0 Å². The van der Waals surface area contributed by atoms with Crippen molar-refractivity contribution in [3.63, 3.8) is 0 Å². The summed E-state index contributed by atoms with van der Waals surface area (Å²) in [5.41, 5.74) is -1.76. The average Bonchev–Trinajstić information content (AvgIpc) is 3.05. The molecule has 13 heteroatoms. The summed E-state index contributed by atoms with van der Waals surface area (Å²) in [5, 5.41) is 0. The quantitative estimate of drug-likeness (QED) is 0.214. The van der Waals surface area contributed by atoms with Gasteiger partial charge in [-0.25, -0.2) is 4.79 Å². The van der Waals surface area contributed by atoms with Crippen molar-refractivity contribution >= 4 is 17.9 Å². The molecule has 0 saturated carbocycles. The molecule has 1 fully saturated rings. The maximum atomic E-state index is 14.1. The first-order chi connectivity index (χ1) is 23.1. The number of ether oxygens (including phenoxy) is 1. The number of hydrogen-bond donors (Lipinski definition) is 0. The van der Waals surface area contributed by atoms with Crippen LogP contribution in [0.3, 0.4) is 0 Å². The number of hydrogen-bond acceptors (Lipinski definition) is 4. The molecule has 0 radical (unpaired) electrons. The second-order valence-electron chi connectivity index (χ2n) is 12.5. The van der Waals surface area contributed by atoms with Crippen LogP contribution >= 0.6 is 0 Å². The number of benzene rings is 3. The molecule has 0 aliphatic carbocycles. The Hall–Kier alpha value is -4.81. The molecule has 7 nitrogen and oxygen atoms in total. The van der Waals surface area contributed by atoms with E-state index < -0.39 is 53.7 Å². The van der Waals surface area contributed by atoms with E-state index in [1.165, 1.54) is 16.0 Å². The van der Waals surface area contributed by atoms with Gasteiger partial charge in [0, 0.05) is 12.7 Å². The molecule has 0 spiro atoms. The topological polar surface area (TPSA) is 70.2 Å². The van der Waals surface area contributed by atoms with E-state index in [4.69, 9.17) is 4.74 Å². The lowest BCUT2D eigenvalue weighted by Crippen LogP contribution is -2.63. The Kier molecular flexibility index (Phi) is 10.4. The summed E-state index contributed by atoms with van der Waals surface area (Å²) in [4.78, 5) is 45.5. The summed E-state index contributed by atoms with van der Waals surface area (Å²) >= 11 is 0. The predicted molar refractivity (Wildman–Crippen MR) is 167 cm³/mol. The minimum absolute atomic E-state index is 0.00326. The van der Waals surface area contributed by atoms with Gasteiger partial charge in [-0.15, -0.1) is 0 Å². The van der Waals surface area contributed by atoms with Crippen LogP contribution in [-0.2, 0) is 46.3 Å². The smallest absolute Gasteiger partial charge is 0.416 e. The van der Waals surface area contributed by atoms with Crippen LogP contribution in [0.5, 0.6) is 0 Å². The number of nitrogens with zero attached hydrogens (tertiary/aromatic N) is 3. The zero-order chi connectivity index (χ0) is 35.5. The summed E-state index contributed by atoms with van der Waals surface area (Å²) in [6.45, 7) is 2.61. The molecule has 3 aromatic carbocycles. The fourth-order valence-corrected chi connectivity index (χ4v) is 6.12. The van der Waals surface area contributed by atoms with Gasteiger partial charge in [-0.1, -0.05) is 74.5 Å². The van der Waals surface area contributed by atoms with E-state index in [1.807, 2.05) is 48.5 Å². The van der Waals surface area contributed by atoms with Gasteiger partial charge in [0.1, 0.15) is 18.5 Å². The lowest BCUT2D eigenvalue weighted by atomic mass is 9.91. The fourth-order valence-electron chi connectivity index (χ4n) is 6.12. The van der Waals surface area contributed by atoms with Gasteiger partial charge >= 0.3 is 18.4 Å². The Morgan fingerprint density at radius 2 is 1.39 bits per heavy atom. The maximum Gasteiger partial charge on any atom is 0.416 e. The van der Waals surface area contributed by atoms with Crippen LogP contribution in [-0.4, -0.2) is 45.2 Å². The highest BCUT2D eigenvalue weighted by Gasteiger charge is 2.49. The first-order valence-electron chi connectivity index (χ1n) is 15.8. The third kappa shape index (κ3) is 8.26. The molecular weight excluding hydrogens is 652 g/mol. The van der Waals surface area contributed by atoms with Crippen molar-refractivity contribution in [3.8, 4) is 0 Å². The Bertz CT molecular complexity index is 1660. The average molecular weight is 688 g/mol. The van der Waals surface area contributed by atoms with Gasteiger partial charge in [-0.05, 0) is 60.1 Å². The number of rotatable bonds is 9. The van der Waals surface area contributed by atoms with E-state index in [9.17, 15) is 40.7 Å². The molecule has 0 N–H and O–H groups in total. The zero-order valence-electron chi connectivity index (χ0n) is 26.8. The highest BCUT2D eigenvalue weighted by molar-refractivity contribution is 5.94. The highest BCUT2D eigenvalue weighted by atomic mass is 19.4. The molecule has 49 heavy (non-hydrogen) atoms. The van der Waals surface area contributed by atoms with Crippen LogP contribution in [0.25, 0.3) is 0 Å². The Morgan fingerprint density at radius 3 is 1.94 bits per heavy atom. The molecule has 1 saturated heterocycles. The van der Waals surface area contributed by atoms with Gasteiger partial charge in [0.2, 0.25) is 11.8 Å². The molecule has 3 aromatic rings. The Morgan fingerprint density at radius 1 is 0.816 bits per heavy atom. The van der Waals surface area contributed by atoms with Crippen LogP contribution in [0, 0.1) is 11.8 Å². The largest absolute Gasteiger partial charge is 0.444 e. The second kappa shape index (κ2) is 14.4. The lowest BCUT2D eigenvalue weighted by Gasteiger charge is -2.48. The van der Waals surface area contributed by atoms with Crippen LogP contribution in [0.15, 0.2) is 90.9 Å². The Labute approximate surface area is 279 Å². The number of amides is 3. The normalized spacial score (nSPS) is 18.5. The summed E-state index contributed by atoms with van der Waals surface area (Å²) in [7, 11) is 0. The third-order valence-corrected chi connectivity index (χ3v) is 8.52. The van der Waals surface area contributed by atoms with E-state index >= 15 is 0 Å². The number of aryl methyl sites for hydroxylation is 1. The van der Waals surface area contributed by atoms with Crippen LogP contribution in [0.4, 0.5) is 31.1 Å². The van der Waals surface area contributed by atoms with E-state index in [2.05, 4.69) is 0 Å². The van der Waals surface area contributed by atoms with Crippen molar-refractivity contribution in [2.24, 2.45) is 11.8 Å². The second-order valence-corrected chi connectivity index (χ2v) is 12.5. The maximum absolute atomic E-state index is 14.1. The summed E-state index contributed by atoms with van der Waals surface area (Å²) in [6, 6.07) is 18.6. The van der Waals surface area contributed by atoms with Crippen molar-refractivity contribution < 1.29 is 45.5 Å². The monoisotopic (exact) mass is 687 g/mol. The molecule has 2 atom stereocenters. The van der Waals surface area contributed by atoms with Crippen molar-refractivity contribution in [2.75, 3.05) is 6.54 Å². The standard InChI is InChI=1S/C36H35F6N3O4/c1-23(2)31-33(47)43(19-25-12-7-4-8-13-25)21-30-44(20-27(32(46)45(30)31)15-9-14-24-10-5-3-6-11-24)34(48)49-22-26-16-28(35(37,38)39)18-29(17-26)36(40,41)42/h3-8,10-13,16-18,21,23,27,31H,9,14-15,19-20,22H2,1-2H3/t27-,31-/m0/s1. The van der Waals surface area contributed by atoms with Gasteiger partial charge in [0.05, 0.1) is 23.6 Å². The molecule has 260 valence electrons. The minimum Gasteiger partial charge on any atom is -0.444 e. The molecule has 2 aliphatic heterocycles. The van der Waals surface area contributed by atoms with Gasteiger partial charge < -0.3 is 9.64 Å². The van der Waals surface area contributed by atoms with Crippen molar-refractivity contribution in [1.82, 2.24) is 14.7 Å². The van der Waals surface area contributed by atoms with Crippen molar-refractivity contribution in [1.29, 1.82) is 0 Å². The fraction of sp³-hybridized carbons (Fsp3) is 0.361. The number of fused-ring (bicyclic) bond motifs is 1. The number of alkyl halides is 6. The van der Waals surface area contributed by atoms with E-state index in [1.54, 1.807) is 26.0 Å². The molecule has 0 unspecified atom stereocenters. The molecular formula is C36H35F6N3O4. The SMILES string of the molecule is CC(C)[C@H]1C(=O)N(Cc2ccccc2)C=C2N(C(=O)OCc3cc(C(F)(F)F)cc(C(F)(F)F)c3)C[C@H](CCCc3ccccc3)C(=O)N21. The third-order valence-electron chi connectivity index (χ3n) is 8.52. The predicted octanol–water partition coefficient (Wildman–Crippen LogP) is 8.01. The van der Waals surface area contributed by atoms with Gasteiger partial charge in [0.15, 0.2) is 0 Å². The summed E-state index contributed by atoms with van der Waals surface area (Å²) in [5.74, 6) is -1.82. The molecule has 0 bridgehead atoms. The number of carbonyl (C=O) groups is 3. The molecule has 2 heterocycles. The van der Waals surface area contributed by atoms with Gasteiger partial charge in [-0.3, -0.25) is 19.4 Å².